The molecule has 0 bridgehead atoms. The number of esters is 2. The molecule has 0 aliphatic heterocycles. The Morgan fingerprint density at radius 1 is 1.00 bits per heavy atom. The lowest BCUT2D eigenvalue weighted by atomic mass is 10.0. The van der Waals surface area contributed by atoms with Gasteiger partial charge in [-0.1, -0.05) is 54.1 Å². The Morgan fingerprint density at radius 3 is 2.27 bits per heavy atom. The minimum absolute atomic E-state index is 0.00340. The van der Waals surface area contributed by atoms with Gasteiger partial charge in [-0.25, -0.2) is 9.78 Å². The highest BCUT2D eigenvalue weighted by Gasteiger charge is 2.23. The lowest BCUT2D eigenvalue weighted by Gasteiger charge is -2.14. The van der Waals surface area contributed by atoms with Gasteiger partial charge >= 0.3 is 11.9 Å². The average molecular weight is 349 g/mol. The number of fused-ring (bicyclic) bond motifs is 1. The van der Waals surface area contributed by atoms with E-state index in [4.69, 9.17) is 9.47 Å². The van der Waals surface area contributed by atoms with Crippen LogP contribution in [0, 0.1) is 6.92 Å². The number of carbonyl (C=O) groups excluding carboxylic acids is 2. The van der Waals surface area contributed by atoms with E-state index in [9.17, 15) is 9.59 Å². The predicted octanol–water partition coefficient (Wildman–Crippen LogP) is 4.31. The molecule has 5 heteroatoms. The molecule has 0 aliphatic carbocycles. The number of aromatic nitrogens is 1. The first-order valence-corrected chi connectivity index (χ1v) is 8.36. The van der Waals surface area contributed by atoms with Crippen molar-refractivity contribution in [1.29, 1.82) is 0 Å². The molecule has 5 nitrogen and oxygen atoms in total. The highest BCUT2D eigenvalue weighted by atomic mass is 16.5. The SMILES string of the molecule is CCOC(=O)c1nc(-c2ccc(C)cc2)c2ccccc2c1OC(C)=O. The van der Waals surface area contributed by atoms with Crippen LogP contribution in [0.3, 0.4) is 0 Å². The Hall–Kier alpha value is -3.21. The van der Waals surface area contributed by atoms with Crippen molar-refractivity contribution in [2.45, 2.75) is 20.8 Å². The van der Waals surface area contributed by atoms with Gasteiger partial charge in [0.05, 0.1) is 12.3 Å². The second-order valence-electron chi connectivity index (χ2n) is 5.86. The van der Waals surface area contributed by atoms with Crippen molar-refractivity contribution in [3.05, 3.63) is 59.8 Å². The lowest BCUT2D eigenvalue weighted by molar-refractivity contribution is -0.131. The molecule has 26 heavy (non-hydrogen) atoms. The quantitative estimate of drug-likeness (QED) is 0.657. The van der Waals surface area contributed by atoms with Crippen LogP contribution in [0.1, 0.15) is 29.9 Å². The summed E-state index contributed by atoms with van der Waals surface area (Å²) in [6.45, 7) is 5.21. The van der Waals surface area contributed by atoms with Gasteiger partial charge in [-0.15, -0.1) is 0 Å². The maximum absolute atomic E-state index is 12.5. The van der Waals surface area contributed by atoms with Gasteiger partial charge < -0.3 is 9.47 Å². The summed E-state index contributed by atoms with van der Waals surface area (Å²) in [5, 5.41) is 1.43. The van der Waals surface area contributed by atoms with Crippen molar-refractivity contribution in [3.8, 4) is 17.0 Å². The maximum Gasteiger partial charge on any atom is 0.360 e. The first-order valence-electron chi connectivity index (χ1n) is 8.36. The van der Waals surface area contributed by atoms with Gasteiger partial charge in [-0.2, -0.15) is 0 Å². The van der Waals surface area contributed by atoms with E-state index in [-0.39, 0.29) is 18.1 Å². The summed E-state index contributed by atoms with van der Waals surface area (Å²) in [6.07, 6.45) is 0. The monoisotopic (exact) mass is 349 g/mol. The molecule has 0 amide bonds. The van der Waals surface area contributed by atoms with Gasteiger partial charge in [-0.3, -0.25) is 4.79 Å². The van der Waals surface area contributed by atoms with Gasteiger partial charge in [0.1, 0.15) is 0 Å². The zero-order valence-corrected chi connectivity index (χ0v) is 14.9. The van der Waals surface area contributed by atoms with E-state index >= 15 is 0 Å². The molecule has 3 rings (SSSR count). The van der Waals surface area contributed by atoms with Gasteiger partial charge in [0.25, 0.3) is 0 Å². The Morgan fingerprint density at radius 2 is 1.65 bits per heavy atom. The molecule has 0 spiro atoms. The van der Waals surface area contributed by atoms with Crippen molar-refractivity contribution < 1.29 is 19.1 Å². The molecule has 2 aromatic carbocycles. The third kappa shape index (κ3) is 3.42. The van der Waals surface area contributed by atoms with E-state index in [2.05, 4.69) is 4.98 Å². The number of pyridine rings is 1. The molecule has 0 radical (unpaired) electrons. The number of aryl methyl sites for hydroxylation is 1. The van der Waals surface area contributed by atoms with E-state index in [1.807, 2.05) is 49.4 Å². The molecule has 0 N–H and O–H groups in total. The summed E-state index contributed by atoms with van der Waals surface area (Å²) >= 11 is 0. The Kier molecular flexibility index (Phi) is 4.98. The molecule has 0 unspecified atom stereocenters. The smallest absolute Gasteiger partial charge is 0.360 e. The molecular weight excluding hydrogens is 330 g/mol. The Labute approximate surface area is 151 Å². The summed E-state index contributed by atoms with van der Waals surface area (Å²) in [6, 6.07) is 15.3. The van der Waals surface area contributed by atoms with Crippen LogP contribution in [0.15, 0.2) is 48.5 Å². The third-order valence-corrected chi connectivity index (χ3v) is 3.91. The molecule has 1 aromatic heterocycles. The van der Waals surface area contributed by atoms with Crippen LogP contribution in [-0.2, 0) is 9.53 Å². The molecule has 0 atom stereocenters. The molecular formula is C21H19NO4. The maximum atomic E-state index is 12.5. The zero-order valence-electron chi connectivity index (χ0n) is 14.9. The van der Waals surface area contributed by atoms with Crippen molar-refractivity contribution in [1.82, 2.24) is 4.98 Å². The van der Waals surface area contributed by atoms with Gasteiger partial charge in [-0.05, 0) is 13.8 Å². The second-order valence-corrected chi connectivity index (χ2v) is 5.86. The number of hydrogen-bond donors (Lipinski definition) is 0. The fraction of sp³-hybridized carbons (Fsp3) is 0.190. The largest absolute Gasteiger partial charge is 0.461 e. The molecule has 0 aliphatic rings. The van der Waals surface area contributed by atoms with Crippen LogP contribution in [-0.4, -0.2) is 23.5 Å². The van der Waals surface area contributed by atoms with Crippen LogP contribution < -0.4 is 4.74 Å². The Balaban J connectivity index is 2.33. The Bertz CT molecular complexity index is 977. The highest BCUT2D eigenvalue weighted by molar-refractivity contribution is 6.05. The number of hydrogen-bond acceptors (Lipinski definition) is 5. The normalized spacial score (nSPS) is 10.6. The van der Waals surface area contributed by atoms with Crippen molar-refractivity contribution >= 4 is 22.7 Å². The molecule has 0 saturated carbocycles. The van der Waals surface area contributed by atoms with Crippen LogP contribution in [0.4, 0.5) is 0 Å². The molecule has 1 heterocycles. The summed E-state index contributed by atoms with van der Waals surface area (Å²) in [7, 11) is 0. The number of rotatable bonds is 4. The van der Waals surface area contributed by atoms with E-state index in [1.165, 1.54) is 6.92 Å². The van der Waals surface area contributed by atoms with Crippen LogP contribution >= 0.6 is 0 Å². The van der Waals surface area contributed by atoms with E-state index in [0.717, 1.165) is 16.5 Å². The summed E-state index contributed by atoms with van der Waals surface area (Å²) < 4.78 is 10.5. The third-order valence-electron chi connectivity index (χ3n) is 3.91. The first-order chi connectivity index (χ1) is 12.5. The minimum atomic E-state index is -0.622. The van der Waals surface area contributed by atoms with Crippen LogP contribution in [0.25, 0.3) is 22.0 Å². The van der Waals surface area contributed by atoms with Gasteiger partial charge in [0.15, 0.2) is 11.4 Å². The predicted molar refractivity (Wildman–Crippen MR) is 99.2 cm³/mol. The molecule has 3 aromatic rings. The number of carbonyl (C=O) groups is 2. The second kappa shape index (κ2) is 7.35. The highest BCUT2D eigenvalue weighted by Crippen LogP contribution is 2.35. The average Bonchev–Trinajstić information content (AvgIpc) is 2.62. The fourth-order valence-corrected chi connectivity index (χ4v) is 2.75. The number of ether oxygens (including phenoxy) is 2. The minimum Gasteiger partial charge on any atom is -0.461 e. The first kappa shape index (κ1) is 17.6. The summed E-state index contributed by atoms with van der Waals surface area (Å²) in [4.78, 5) is 28.6. The molecule has 0 fully saturated rings. The van der Waals surface area contributed by atoms with Crippen LogP contribution in [0.5, 0.6) is 5.75 Å². The van der Waals surface area contributed by atoms with Gasteiger partial charge in [0, 0.05) is 23.3 Å². The van der Waals surface area contributed by atoms with Crippen molar-refractivity contribution in [3.63, 3.8) is 0 Å². The number of nitrogens with zero attached hydrogens (tertiary/aromatic N) is 1. The zero-order chi connectivity index (χ0) is 18.7. The van der Waals surface area contributed by atoms with E-state index in [0.29, 0.717) is 11.1 Å². The van der Waals surface area contributed by atoms with Crippen molar-refractivity contribution in [2.75, 3.05) is 6.61 Å². The summed E-state index contributed by atoms with van der Waals surface area (Å²) in [5.41, 5.74) is 2.63. The number of benzene rings is 2. The summed E-state index contributed by atoms with van der Waals surface area (Å²) in [5.74, 6) is -1.02. The van der Waals surface area contributed by atoms with Gasteiger partial charge in [0.2, 0.25) is 0 Å². The van der Waals surface area contributed by atoms with E-state index < -0.39 is 11.9 Å². The molecule has 0 saturated heterocycles. The fourth-order valence-electron chi connectivity index (χ4n) is 2.75. The van der Waals surface area contributed by atoms with Crippen molar-refractivity contribution in [2.24, 2.45) is 0 Å². The topological polar surface area (TPSA) is 65.5 Å². The lowest BCUT2D eigenvalue weighted by Crippen LogP contribution is -2.13. The standard InChI is InChI=1S/C21H19NO4/c1-4-25-21(24)19-20(26-14(3)23)17-8-6-5-7-16(17)18(22-19)15-11-9-13(2)10-12-15/h5-12H,4H2,1-3H3. The molecule has 132 valence electrons. The van der Waals surface area contributed by atoms with E-state index in [1.54, 1.807) is 13.0 Å². The van der Waals surface area contributed by atoms with Crippen LogP contribution in [0.2, 0.25) is 0 Å².